The second kappa shape index (κ2) is 8.77. The molecule has 1 aromatic rings. The average Bonchev–Trinajstić information content (AvgIpc) is 2.43. The van der Waals surface area contributed by atoms with Crippen molar-refractivity contribution in [1.29, 1.82) is 0 Å². The Labute approximate surface area is 113 Å². The number of pyridine rings is 1. The third-order valence-corrected chi connectivity index (χ3v) is 2.52. The number of halogens is 3. The summed E-state index contributed by atoms with van der Waals surface area (Å²) >= 11 is 0. The van der Waals surface area contributed by atoms with Crippen molar-refractivity contribution in [3.05, 3.63) is 24.1 Å². The maximum Gasteiger partial charge on any atom is 0.251 e. The highest BCUT2D eigenvalue weighted by Gasteiger charge is 2.34. The summed E-state index contributed by atoms with van der Waals surface area (Å²) < 4.78 is 38.5. The van der Waals surface area contributed by atoms with E-state index >= 15 is 0 Å². The molecule has 0 atom stereocenters. The molecule has 0 aliphatic carbocycles. The van der Waals surface area contributed by atoms with Gasteiger partial charge in [0.2, 0.25) is 5.95 Å². The Bertz CT molecular complexity index is 346. The van der Waals surface area contributed by atoms with Crippen molar-refractivity contribution in [2.24, 2.45) is 0 Å². The first-order valence-corrected chi connectivity index (χ1v) is 6.82. The van der Waals surface area contributed by atoms with Gasteiger partial charge in [-0.3, -0.25) is 0 Å². The van der Waals surface area contributed by atoms with Gasteiger partial charge in [-0.15, -0.1) is 0 Å². The SMILES string of the molecule is CC.CC.Fc1cccc(N2CCC(F)(F)CC2)n1. The highest BCUT2D eigenvalue weighted by Crippen LogP contribution is 2.29. The molecule has 5 heteroatoms. The van der Waals surface area contributed by atoms with E-state index in [1.165, 1.54) is 12.1 Å². The molecular weight excluding hydrogens is 253 g/mol. The number of hydrogen-bond donors (Lipinski definition) is 0. The van der Waals surface area contributed by atoms with Crippen molar-refractivity contribution in [3.63, 3.8) is 0 Å². The molecule has 0 amide bonds. The van der Waals surface area contributed by atoms with E-state index in [0.717, 1.165) is 0 Å². The number of anilines is 1. The molecule has 0 saturated carbocycles. The van der Waals surface area contributed by atoms with Crippen LogP contribution in [-0.2, 0) is 0 Å². The van der Waals surface area contributed by atoms with Crippen LogP contribution in [0, 0.1) is 5.95 Å². The lowest BCUT2D eigenvalue weighted by Crippen LogP contribution is -2.39. The highest BCUT2D eigenvalue weighted by atomic mass is 19.3. The molecule has 1 saturated heterocycles. The number of rotatable bonds is 1. The number of aromatic nitrogens is 1. The molecule has 2 rings (SSSR count). The smallest absolute Gasteiger partial charge is 0.251 e. The van der Waals surface area contributed by atoms with Gasteiger partial charge in [0.05, 0.1) is 0 Å². The molecule has 0 spiro atoms. The van der Waals surface area contributed by atoms with E-state index in [0.29, 0.717) is 5.82 Å². The van der Waals surface area contributed by atoms with Crippen LogP contribution in [0.2, 0.25) is 0 Å². The number of nitrogens with zero attached hydrogens (tertiary/aromatic N) is 2. The van der Waals surface area contributed by atoms with E-state index in [2.05, 4.69) is 4.98 Å². The molecule has 1 aliphatic rings. The van der Waals surface area contributed by atoms with E-state index in [4.69, 9.17) is 0 Å². The van der Waals surface area contributed by atoms with Crippen molar-refractivity contribution in [1.82, 2.24) is 4.98 Å². The van der Waals surface area contributed by atoms with E-state index < -0.39 is 11.9 Å². The molecule has 0 aromatic carbocycles. The minimum atomic E-state index is -2.58. The molecule has 0 bridgehead atoms. The fraction of sp³-hybridized carbons (Fsp3) is 0.643. The number of alkyl halides is 2. The maximum atomic E-state index is 12.9. The van der Waals surface area contributed by atoms with Crippen molar-refractivity contribution in [2.45, 2.75) is 46.5 Å². The highest BCUT2D eigenvalue weighted by molar-refractivity contribution is 5.38. The van der Waals surface area contributed by atoms with Crippen LogP contribution in [-0.4, -0.2) is 24.0 Å². The second-order valence-electron chi connectivity index (χ2n) is 3.66. The summed E-state index contributed by atoms with van der Waals surface area (Å²) in [5, 5.41) is 0. The molecule has 1 fully saturated rings. The lowest BCUT2D eigenvalue weighted by atomic mass is 10.1. The Kier molecular flexibility index (Phi) is 8.19. The summed E-state index contributed by atoms with van der Waals surface area (Å²) in [6.07, 6.45) is -0.379. The van der Waals surface area contributed by atoms with Gasteiger partial charge in [0, 0.05) is 25.9 Å². The summed E-state index contributed by atoms with van der Waals surface area (Å²) in [6.45, 7) is 8.45. The van der Waals surface area contributed by atoms with Gasteiger partial charge < -0.3 is 4.90 Å². The van der Waals surface area contributed by atoms with Crippen molar-refractivity contribution >= 4 is 5.82 Å². The van der Waals surface area contributed by atoms with E-state index in [-0.39, 0.29) is 25.9 Å². The zero-order valence-corrected chi connectivity index (χ0v) is 12.1. The Hall–Kier alpha value is -1.26. The van der Waals surface area contributed by atoms with Crippen LogP contribution in [0.25, 0.3) is 0 Å². The predicted molar refractivity (Wildman–Crippen MR) is 73.3 cm³/mol. The van der Waals surface area contributed by atoms with E-state index in [1.54, 1.807) is 11.0 Å². The maximum absolute atomic E-state index is 12.9. The third-order valence-electron chi connectivity index (χ3n) is 2.52. The Morgan fingerprint density at radius 2 is 1.58 bits per heavy atom. The summed E-state index contributed by atoms with van der Waals surface area (Å²) in [5.41, 5.74) is 0. The predicted octanol–water partition coefficient (Wildman–Crippen LogP) is 4.51. The third kappa shape index (κ3) is 5.94. The first-order chi connectivity index (χ1) is 9.07. The molecule has 0 unspecified atom stereocenters. The molecule has 110 valence electrons. The van der Waals surface area contributed by atoms with Crippen LogP contribution in [0.15, 0.2) is 18.2 Å². The van der Waals surface area contributed by atoms with Gasteiger partial charge in [-0.2, -0.15) is 4.39 Å². The average molecular weight is 276 g/mol. The second-order valence-corrected chi connectivity index (χ2v) is 3.66. The van der Waals surface area contributed by atoms with E-state index in [9.17, 15) is 13.2 Å². The topological polar surface area (TPSA) is 16.1 Å². The summed E-state index contributed by atoms with van der Waals surface area (Å²) in [7, 11) is 0. The van der Waals surface area contributed by atoms with Gasteiger partial charge in [0.1, 0.15) is 5.82 Å². The summed E-state index contributed by atoms with van der Waals surface area (Å²) in [4.78, 5) is 5.34. The fourth-order valence-electron chi connectivity index (χ4n) is 1.64. The van der Waals surface area contributed by atoms with Crippen LogP contribution in [0.4, 0.5) is 19.0 Å². The van der Waals surface area contributed by atoms with Crippen molar-refractivity contribution in [3.8, 4) is 0 Å². The molecule has 0 N–H and O–H groups in total. The zero-order valence-electron chi connectivity index (χ0n) is 12.1. The Morgan fingerprint density at radius 3 is 2.05 bits per heavy atom. The largest absolute Gasteiger partial charge is 0.356 e. The van der Waals surface area contributed by atoms with Crippen LogP contribution >= 0.6 is 0 Å². The van der Waals surface area contributed by atoms with Crippen LogP contribution in [0.1, 0.15) is 40.5 Å². The monoisotopic (exact) mass is 276 g/mol. The van der Waals surface area contributed by atoms with Gasteiger partial charge >= 0.3 is 0 Å². The van der Waals surface area contributed by atoms with Crippen LogP contribution in [0.5, 0.6) is 0 Å². The van der Waals surface area contributed by atoms with Gasteiger partial charge in [-0.05, 0) is 12.1 Å². The lowest BCUT2D eigenvalue weighted by Gasteiger charge is -2.32. The quantitative estimate of drug-likeness (QED) is 0.702. The molecule has 0 radical (unpaired) electrons. The Morgan fingerprint density at radius 1 is 1.05 bits per heavy atom. The van der Waals surface area contributed by atoms with Crippen molar-refractivity contribution < 1.29 is 13.2 Å². The Balaban J connectivity index is 0.000000741. The van der Waals surface area contributed by atoms with E-state index in [1.807, 2.05) is 27.7 Å². The molecule has 2 nitrogen and oxygen atoms in total. The van der Waals surface area contributed by atoms with Gasteiger partial charge in [-0.1, -0.05) is 33.8 Å². The van der Waals surface area contributed by atoms with Crippen LogP contribution < -0.4 is 4.90 Å². The molecule has 1 aliphatic heterocycles. The van der Waals surface area contributed by atoms with Crippen molar-refractivity contribution in [2.75, 3.05) is 18.0 Å². The molecule has 1 aromatic heterocycles. The number of hydrogen-bond acceptors (Lipinski definition) is 2. The number of piperidine rings is 1. The fourth-order valence-corrected chi connectivity index (χ4v) is 1.64. The zero-order chi connectivity index (χ0) is 14.9. The van der Waals surface area contributed by atoms with Gasteiger partial charge in [-0.25, -0.2) is 13.8 Å². The first-order valence-electron chi connectivity index (χ1n) is 6.82. The summed E-state index contributed by atoms with van der Waals surface area (Å²) in [5.74, 6) is -2.72. The lowest BCUT2D eigenvalue weighted by molar-refractivity contribution is -0.0221. The molecule has 19 heavy (non-hydrogen) atoms. The minimum absolute atomic E-state index is 0.189. The van der Waals surface area contributed by atoms with Gasteiger partial charge in [0.25, 0.3) is 5.92 Å². The minimum Gasteiger partial charge on any atom is -0.356 e. The first kappa shape index (κ1) is 17.7. The molecular formula is C14H23F3N2. The van der Waals surface area contributed by atoms with Crippen LogP contribution in [0.3, 0.4) is 0 Å². The standard InChI is InChI=1S/C10H11F3N2.2C2H6/c11-8-2-1-3-9(14-8)15-6-4-10(12,13)5-7-15;2*1-2/h1-3H,4-7H2;2*1-2H3. The normalized spacial score (nSPS) is 16.7. The van der Waals surface area contributed by atoms with Gasteiger partial charge in [0.15, 0.2) is 0 Å². The summed E-state index contributed by atoms with van der Waals surface area (Å²) in [6, 6.07) is 4.40. The molecule has 2 heterocycles.